The predicted molar refractivity (Wildman–Crippen MR) is 63.2 cm³/mol. The van der Waals surface area contributed by atoms with Crippen LogP contribution in [-0.4, -0.2) is 31.8 Å². The number of para-hydroxylation sites is 1. The first-order chi connectivity index (χ1) is 8.81. The van der Waals surface area contributed by atoms with E-state index < -0.39 is 5.78 Å². The number of fused-ring (bicyclic) bond motifs is 1. The minimum Gasteiger partial charge on any atom is -0.294 e. The molecule has 0 radical (unpaired) electrons. The molecule has 0 aliphatic heterocycles. The molecule has 0 fully saturated rings. The fourth-order valence-electron chi connectivity index (χ4n) is 1.91. The number of ketones is 1. The standard InChI is InChI=1S/C12H8N4O2/c17-8-12(18)10-7-15(16-6-5-13-14-16)11-4-2-1-3-9(10)11/h1-8H. The Hall–Kier alpha value is -2.76. The van der Waals surface area contributed by atoms with E-state index in [-0.39, 0.29) is 0 Å². The maximum absolute atomic E-state index is 11.6. The molecule has 0 amide bonds. The quantitative estimate of drug-likeness (QED) is 0.388. The second kappa shape index (κ2) is 3.92. The van der Waals surface area contributed by atoms with Gasteiger partial charge in [0, 0.05) is 11.6 Å². The molecular formula is C12H8N4O2. The summed E-state index contributed by atoms with van der Waals surface area (Å²) in [6.45, 7) is 0. The number of carbonyl (C=O) groups is 2. The van der Waals surface area contributed by atoms with Crippen LogP contribution in [0.3, 0.4) is 0 Å². The van der Waals surface area contributed by atoms with Gasteiger partial charge in [-0.1, -0.05) is 18.2 Å². The number of aldehydes is 1. The highest BCUT2D eigenvalue weighted by Crippen LogP contribution is 2.21. The van der Waals surface area contributed by atoms with Crippen LogP contribution in [0.2, 0.25) is 0 Å². The number of nitrogens with zero attached hydrogens (tertiary/aromatic N) is 4. The van der Waals surface area contributed by atoms with Gasteiger partial charge in [0.15, 0.2) is 6.29 Å². The zero-order chi connectivity index (χ0) is 12.5. The lowest BCUT2D eigenvalue weighted by Crippen LogP contribution is -2.08. The smallest absolute Gasteiger partial charge is 0.227 e. The number of hydrogen-bond acceptors (Lipinski definition) is 4. The van der Waals surface area contributed by atoms with Gasteiger partial charge in [0.2, 0.25) is 5.78 Å². The zero-order valence-electron chi connectivity index (χ0n) is 9.22. The van der Waals surface area contributed by atoms with Crippen molar-refractivity contribution >= 4 is 23.0 Å². The van der Waals surface area contributed by atoms with Crippen molar-refractivity contribution in [2.24, 2.45) is 0 Å². The molecule has 0 saturated heterocycles. The van der Waals surface area contributed by atoms with Crippen LogP contribution < -0.4 is 0 Å². The van der Waals surface area contributed by atoms with Crippen molar-refractivity contribution in [3.05, 3.63) is 48.4 Å². The van der Waals surface area contributed by atoms with Crippen molar-refractivity contribution in [2.75, 3.05) is 0 Å². The molecule has 2 aromatic heterocycles. The molecule has 0 aliphatic rings. The van der Waals surface area contributed by atoms with Crippen LogP contribution in [0.5, 0.6) is 0 Å². The molecule has 0 N–H and O–H groups in total. The van der Waals surface area contributed by atoms with Gasteiger partial charge < -0.3 is 0 Å². The van der Waals surface area contributed by atoms with Crippen molar-refractivity contribution in [2.45, 2.75) is 0 Å². The van der Waals surface area contributed by atoms with Crippen molar-refractivity contribution in [3.63, 3.8) is 0 Å². The van der Waals surface area contributed by atoms with Crippen LogP contribution in [0.25, 0.3) is 10.9 Å². The van der Waals surface area contributed by atoms with Crippen LogP contribution in [-0.2, 0) is 4.79 Å². The summed E-state index contributed by atoms with van der Waals surface area (Å²) in [6, 6.07) is 7.30. The number of Topliss-reactive ketones (excluding diaryl/α,β-unsaturated/α-hetero) is 1. The molecule has 0 atom stereocenters. The predicted octanol–water partition coefficient (Wildman–Crippen LogP) is 0.926. The van der Waals surface area contributed by atoms with E-state index in [1.807, 2.05) is 18.2 Å². The van der Waals surface area contributed by atoms with Crippen LogP contribution in [0.4, 0.5) is 0 Å². The second-order valence-corrected chi connectivity index (χ2v) is 3.71. The van der Waals surface area contributed by atoms with Gasteiger partial charge in [0.05, 0.1) is 23.5 Å². The molecule has 88 valence electrons. The Morgan fingerprint density at radius 2 is 2.11 bits per heavy atom. The Bertz CT molecular complexity index is 728. The SMILES string of the molecule is O=CC(=O)c1cn(-n2ccnn2)c2ccccc12. The number of hydrogen-bond donors (Lipinski definition) is 0. The number of rotatable bonds is 3. The van der Waals surface area contributed by atoms with E-state index in [1.54, 1.807) is 23.1 Å². The van der Waals surface area contributed by atoms with Crippen LogP contribution >= 0.6 is 0 Å². The molecule has 3 aromatic rings. The van der Waals surface area contributed by atoms with E-state index >= 15 is 0 Å². The largest absolute Gasteiger partial charge is 0.294 e. The average molecular weight is 240 g/mol. The van der Waals surface area contributed by atoms with Gasteiger partial charge in [-0.05, 0) is 11.3 Å². The van der Waals surface area contributed by atoms with Crippen molar-refractivity contribution < 1.29 is 9.59 Å². The van der Waals surface area contributed by atoms with Crippen LogP contribution in [0.1, 0.15) is 10.4 Å². The number of carbonyl (C=O) groups excluding carboxylic acids is 2. The summed E-state index contributed by atoms with van der Waals surface area (Å²) < 4.78 is 1.67. The van der Waals surface area contributed by atoms with E-state index in [9.17, 15) is 9.59 Å². The summed E-state index contributed by atoms with van der Waals surface area (Å²) in [5, 5.41) is 8.30. The Morgan fingerprint density at radius 3 is 2.83 bits per heavy atom. The van der Waals surface area contributed by atoms with Gasteiger partial charge in [0.25, 0.3) is 0 Å². The molecule has 0 unspecified atom stereocenters. The van der Waals surface area contributed by atoms with Gasteiger partial charge in [0.1, 0.15) is 0 Å². The molecule has 18 heavy (non-hydrogen) atoms. The van der Waals surface area contributed by atoms with Crippen LogP contribution in [0, 0.1) is 0 Å². The first-order valence-electron chi connectivity index (χ1n) is 5.28. The second-order valence-electron chi connectivity index (χ2n) is 3.71. The van der Waals surface area contributed by atoms with Crippen molar-refractivity contribution in [1.29, 1.82) is 0 Å². The molecule has 0 spiro atoms. The average Bonchev–Trinajstić information content (AvgIpc) is 3.04. The summed E-state index contributed by atoms with van der Waals surface area (Å²) in [5.41, 5.74) is 1.14. The van der Waals surface area contributed by atoms with Crippen LogP contribution in [0.15, 0.2) is 42.9 Å². The third-order valence-electron chi connectivity index (χ3n) is 2.70. The molecule has 3 rings (SSSR count). The lowest BCUT2D eigenvalue weighted by Gasteiger charge is -2.02. The van der Waals surface area contributed by atoms with Gasteiger partial charge >= 0.3 is 0 Å². The highest BCUT2D eigenvalue weighted by molar-refractivity contribution is 6.36. The summed E-state index contributed by atoms with van der Waals surface area (Å²) in [6.07, 6.45) is 5.08. The monoisotopic (exact) mass is 240 g/mol. The Morgan fingerprint density at radius 1 is 1.28 bits per heavy atom. The Kier molecular flexibility index (Phi) is 2.26. The Balaban J connectivity index is 2.34. The normalized spacial score (nSPS) is 10.7. The van der Waals surface area contributed by atoms with Crippen molar-refractivity contribution in [3.8, 4) is 0 Å². The third kappa shape index (κ3) is 1.43. The van der Waals surface area contributed by atoms with E-state index in [2.05, 4.69) is 10.3 Å². The van der Waals surface area contributed by atoms with Gasteiger partial charge in [-0.25, -0.2) is 4.68 Å². The van der Waals surface area contributed by atoms with E-state index in [0.29, 0.717) is 17.2 Å². The minimum absolute atomic E-state index is 0.313. The maximum atomic E-state index is 11.6. The van der Waals surface area contributed by atoms with Gasteiger partial charge in [-0.2, -0.15) is 4.79 Å². The third-order valence-corrected chi connectivity index (χ3v) is 2.70. The van der Waals surface area contributed by atoms with Gasteiger partial charge in [-0.3, -0.25) is 9.59 Å². The topological polar surface area (TPSA) is 69.8 Å². The van der Waals surface area contributed by atoms with E-state index in [0.717, 1.165) is 5.52 Å². The van der Waals surface area contributed by atoms with Crippen molar-refractivity contribution in [1.82, 2.24) is 19.8 Å². The number of aromatic nitrogens is 4. The maximum Gasteiger partial charge on any atom is 0.227 e. The summed E-state index contributed by atoms with van der Waals surface area (Å²) in [5.74, 6) is -0.551. The summed E-state index contributed by atoms with van der Waals surface area (Å²) in [4.78, 5) is 23.7. The van der Waals surface area contributed by atoms with E-state index in [4.69, 9.17) is 0 Å². The molecular weight excluding hydrogens is 232 g/mol. The first-order valence-corrected chi connectivity index (χ1v) is 5.28. The highest BCUT2D eigenvalue weighted by atomic mass is 16.2. The lowest BCUT2D eigenvalue weighted by atomic mass is 10.1. The fraction of sp³-hybridized carbons (Fsp3) is 0. The molecule has 2 heterocycles. The van der Waals surface area contributed by atoms with Gasteiger partial charge in [-0.15, -0.1) is 5.10 Å². The molecule has 0 bridgehead atoms. The zero-order valence-corrected chi connectivity index (χ0v) is 9.22. The molecule has 1 aromatic carbocycles. The minimum atomic E-state index is -0.551. The first kappa shape index (κ1) is 10.4. The Labute approximate surface area is 101 Å². The fourth-order valence-corrected chi connectivity index (χ4v) is 1.91. The molecule has 6 nitrogen and oxygen atoms in total. The molecule has 6 heteroatoms. The molecule has 0 saturated carbocycles. The summed E-state index contributed by atoms with van der Waals surface area (Å²) >= 11 is 0. The van der Waals surface area contributed by atoms with E-state index in [1.165, 1.54) is 11.0 Å². The highest BCUT2D eigenvalue weighted by Gasteiger charge is 2.14. The summed E-state index contributed by atoms with van der Waals surface area (Å²) in [7, 11) is 0. The lowest BCUT2D eigenvalue weighted by molar-refractivity contribution is -0.104. The molecule has 0 aliphatic carbocycles. The number of benzene rings is 1.